The van der Waals surface area contributed by atoms with E-state index in [-0.39, 0.29) is 12.1 Å². The summed E-state index contributed by atoms with van der Waals surface area (Å²) in [4.78, 5) is 12.3. The lowest BCUT2D eigenvalue weighted by Crippen LogP contribution is -2.09. The van der Waals surface area contributed by atoms with E-state index in [2.05, 4.69) is 45.7 Å². The van der Waals surface area contributed by atoms with Gasteiger partial charge in [-0.25, -0.2) is 4.79 Å². The third-order valence-electron chi connectivity index (χ3n) is 3.97. The Hall–Kier alpha value is -1.13. The standard InChI is InChI=1S/C19H20Br2O2/c1-4-12(2)14-5-7-15(8-6-14)19(22)23-13(3)16-9-17(20)11-18(21)10-16/h5-13H,4H2,1-3H3. The highest BCUT2D eigenvalue weighted by atomic mass is 79.9. The van der Waals surface area contributed by atoms with E-state index >= 15 is 0 Å². The summed E-state index contributed by atoms with van der Waals surface area (Å²) in [5.41, 5.74) is 2.77. The second-order valence-electron chi connectivity index (χ2n) is 5.68. The number of halogens is 2. The molecule has 0 spiro atoms. The van der Waals surface area contributed by atoms with Crippen molar-refractivity contribution in [2.45, 2.75) is 39.2 Å². The molecule has 0 aliphatic carbocycles. The molecule has 23 heavy (non-hydrogen) atoms. The molecule has 2 aromatic rings. The Balaban J connectivity index is 2.08. The minimum atomic E-state index is -0.314. The first-order chi connectivity index (χ1) is 10.9. The number of carbonyl (C=O) groups is 1. The van der Waals surface area contributed by atoms with Crippen LogP contribution in [0.1, 0.15) is 60.7 Å². The SMILES string of the molecule is CCC(C)c1ccc(C(=O)OC(C)c2cc(Br)cc(Br)c2)cc1. The molecule has 0 amide bonds. The monoisotopic (exact) mass is 438 g/mol. The predicted octanol–water partition coefficient (Wildman–Crippen LogP) is 6.64. The molecular formula is C19H20Br2O2. The van der Waals surface area contributed by atoms with Crippen molar-refractivity contribution in [3.63, 3.8) is 0 Å². The molecule has 0 fully saturated rings. The number of carbonyl (C=O) groups excluding carboxylic acids is 1. The molecule has 0 radical (unpaired) electrons. The van der Waals surface area contributed by atoms with Gasteiger partial charge in [0, 0.05) is 8.95 Å². The lowest BCUT2D eigenvalue weighted by atomic mass is 9.98. The summed E-state index contributed by atoms with van der Waals surface area (Å²) in [5.74, 6) is 0.197. The van der Waals surface area contributed by atoms with E-state index in [0.29, 0.717) is 11.5 Å². The summed E-state index contributed by atoms with van der Waals surface area (Å²) in [5, 5.41) is 0. The molecule has 0 N–H and O–H groups in total. The third-order valence-corrected chi connectivity index (χ3v) is 4.88. The average Bonchev–Trinajstić information content (AvgIpc) is 2.53. The highest BCUT2D eigenvalue weighted by molar-refractivity contribution is 9.11. The van der Waals surface area contributed by atoms with Crippen LogP contribution in [-0.2, 0) is 4.74 Å². The third kappa shape index (κ3) is 4.92. The molecule has 0 aromatic heterocycles. The topological polar surface area (TPSA) is 26.3 Å². The molecule has 0 saturated carbocycles. The number of hydrogen-bond donors (Lipinski definition) is 0. The van der Waals surface area contributed by atoms with E-state index in [1.54, 1.807) is 0 Å². The van der Waals surface area contributed by atoms with Crippen molar-refractivity contribution in [1.29, 1.82) is 0 Å². The summed E-state index contributed by atoms with van der Waals surface area (Å²) in [6.07, 6.45) is 0.768. The first-order valence-corrected chi connectivity index (χ1v) is 9.26. The number of rotatable bonds is 5. The van der Waals surface area contributed by atoms with Gasteiger partial charge in [0.1, 0.15) is 6.10 Å². The molecule has 0 aliphatic rings. The van der Waals surface area contributed by atoms with Crippen molar-refractivity contribution in [1.82, 2.24) is 0 Å². The van der Waals surface area contributed by atoms with Gasteiger partial charge >= 0.3 is 5.97 Å². The van der Waals surface area contributed by atoms with E-state index in [9.17, 15) is 4.79 Å². The Bertz CT molecular complexity index is 660. The van der Waals surface area contributed by atoms with Crippen LogP contribution >= 0.6 is 31.9 Å². The van der Waals surface area contributed by atoms with Gasteiger partial charge in [-0.2, -0.15) is 0 Å². The van der Waals surface area contributed by atoms with Gasteiger partial charge in [-0.15, -0.1) is 0 Å². The molecule has 4 heteroatoms. The Morgan fingerprint density at radius 1 is 1.00 bits per heavy atom. The Morgan fingerprint density at radius 3 is 2.09 bits per heavy atom. The van der Waals surface area contributed by atoms with Crippen molar-refractivity contribution < 1.29 is 9.53 Å². The van der Waals surface area contributed by atoms with E-state index in [4.69, 9.17) is 4.74 Å². The second-order valence-corrected chi connectivity index (χ2v) is 7.51. The fourth-order valence-electron chi connectivity index (χ4n) is 2.29. The summed E-state index contributed by atoms with van der Waals surface area (Å²) in [7, 11) is 0. The van der Waals surface area contributed by atoms with Gasteiger partial charge in [-0.05, 0) is 60.7 Å². The highest BCUT2D eigenvalue weighted by Crippen LogP contribution is 2.27. The first kappa shape index (κ1) is 18.2. The van der Waals surface area contributed by atoms with E-state index in [1.165, 1.54) is 5.56 Å². The minimum absolute atomic E-state index is 0.302. The number of esters is 1. The number of ether oxygens (including phenoxy) is 1. The molecule has 2 atom stereocenters. The quantitative estimate of drug-likeness (QED) is 0.487. The van der Waals surface area contributed by atoms with Gasteiger partial charge in [-0.3, -0.25) is 0 Å². The van der Waals surface area contributed by atoms with Gasteiger partial charge < -0.3 is 4.74 Å². The molecule has 0 heterocycles. The van der Waals surface area contributed by atoms with E-state index < -0.39 is 0 Å². The van der Waals surface area contributed by atoms with Crippen LogP contribution in [0.15, 0.2) is 51.4 Å². The Morgan fingerprint density at radius 2 is 1.57 bits per heavy atom. The maximum absolute atomic E-state index is 12.3. The van der Waals surface area contributed by atoms with Crippen LogP contribution in [0.3, 0.4) is 0 Å². The average molecular weight is 440 g/mol. The molecule has 2 aromatic carbocycles. The normalized spacial score (nSPS) is 13.4. The molecule has 122 valence electrons. The molecule has 0 aliphatic heterocycles. The van der Waals surface area contributed by atoms with Crippen LogP contribution in [0.2, 0.25) is 0 Å². The summed E-state index contributed by atoms with van der Waals surface area (Å²) in [6, 6.07) is 13.5. The smallest absolute Gasteiger partial charge is 0.338 e. The van der Waals surface area contributed by atoms with Crippen molar-refractivity contribution in [3.8, 4) is 0 Å². The fraction of sp³-hybridized carbons (Fsp3) is 0.316. The first-order valence-electron chi connectivity index (χ1n) is 7.67. The molecule has 0 saturated heterocycles. The number of benzene rings is 2. The van der Waals surface area contributed by atoms with Crippen LogP contribution in [0.4, 0.5) is 0 Å². The maximum atomic E-state index is 12.3. The van der Waals surface area contributed by atoms with Crippen LogP contribution in [0.5, 0.6) is 0 Å². The second kappa shape index (κ2) is 8.11. The van der Waals surface area contributed by atoms with Crippen LogP contribution in [0, 0.1) is 0 Å². The van der Waals surface area contributed by atoms with E-state index in [1.807, 2.05) is 49.4 Å². The zero-order valence-corrected chi connectivity index (χ0v) is 16.6. The minimum Gasteiger partial charge on any atom is -0.454 e. The summed E-state index contributed by atoms with van der Waals surface area (Å²) >= 11 is 6.90. The lowest BCUT2D eigenvalue weighted by Gasteiger charge is -2.15. The van der Waals surface area contributed by atoms with Crippen LogP contribution in [-0.4, -0.2) is 5.97 Å². The number of hydrogen-bond acceptors (Lipinski definition) is 2. The van der Waals surface area contributed by atoms with Crippen LogP contribution < -0.4 is 0 Å². The fourth-order valence-corrected chi connectivity index (χ4v) is 3.62. The lowest BCUT2D eigenvalue weighted by molar-refractivity contribution is 0.0337. The van der Waals surface area contributed by atoms with E-state index in [0.717, 1.165) is 20.9 Å². The maximum Gasteiger partial charge on any atom is 0.338 e. The zero-order valence-electron chi connectivity index (χ0n) is 13.5. The Kier molecular flexibility index (Phi) is 6.42. The zero-order chi connectivity index (χ0) is 17.0. The Labute approximate surface area is 154 Å². The van der Waals surface area contributed by atoms with Crippen LogP contribution in [0.25, 0.3) is 0 Å². The van der Waals surface area contributed by atoms with Gasteiger partial charge in [-0.1, -0.05) is 57.8 Å². The molecule has 2 rings (SSSR count). The van der Waals surface area contributed by atoms with Gasteiger partial charge in [0.05, 0.1) is 5.56 Å². The highest BCUT2D eigenvalue weighted by Gasteiger charge is 2.15. The summed E-state index contributed by atoms with van der Waals surface area (Å²) < 4.78 is 7.47. The van der Waals surface area contributed by atoms with Gasteiger partial charge in [0.2, 0.25) is 0 Å². The van der Waals surface area contributed by atoms with Crippen molar-refractivity contribution in [2.75, 3.05) is 0 Å². The van der Waals surface area contributed by atoms with Gasteiger partial charge in [0.25, 0.3) is 0 Å². The molecule has 2 unspecified atom stereocenters. The largest absolute Gasteiger partial charge is 0.454 e. The summed E-state index contributed by atoms with van der Waals surface area (Å²) in [6.45, 7) is 6.21. The van der Waals surface area contributed by atoms with Gasteiger partial charge in [0.15, 0.2) is 0 Å². The molecular weight excluding hydrogens is 420 g/mol. The molecule has 2 nitrogen and oxygen atoms in total. The van der Waals surface area contributed by atoms with Crippen molar-refractivity contribution >= 4 is 37.8 Å². The predicted molar refractivity (Wildman–Crippen MR) is 101 cm³/mol. The van der Waals surface area contributed by atoms with Crippen molar-refractivity contribution in [3.05, 3.63) is 68.1 Å². The van der Waals surface area contributed by atoms with Crippen molar-refractivity contribution in [2.24, 2.45) is 0 Å². The molecule has 0 bridgehead atoms.